The third kappa shape index (κ3) is 4.51. The Morgan fingerprint density at radius 3 is 2.38 bits per heavy atom. The van der Waals surface area contributed by atoms with E-state index in [9.17, 15) is 4.79 Å². The summed E-state index contributed by atoms with van der Waals surface area (Å²) in [7, 11) is 0. The molecule has 1 heterocycles. The van der Waals surface area contributed by atoms with E-state index in [1.807, 2.05) is 0 Å². The third-order valence-corrected chi connectivity index (χ3v) is 4.81. The van der Waals surface area contributed by atoms with E-state index < -0.39 is 0 Å². The maximum atomic E-state index is 11.1. The first-order valence-corrected chi connectivity index (χ1v) is 8.74. The highest BCUT2D eigenvalue weighted by Crippen LogP contribution is 2.32. The molecule has 0 unspecified atom stereocenters. The largest absolute Gasteiger partial charge is 0.268 e. The lowest BCUT2D eigenvalue weighted by Crippen LogP contribution is -2.05. The molecule has 3 nitrogen and oxygen atoms in total. The van der Waals surface area contributed by atoms with Gasteiger partial charge in [0.25, 0.3) is 5.56 Å². The summed E-state index contributed by atoms with van der Waals surface area (Å²) in [4.78, 5) is 11.1. The Hall–Kier alpha value is -0.940. The Bertz CT molecular complexity index is 624. The number of nitrogens with one attached hydrogen (secondary N) is 1. The molecule has 5 heteroatoms. The summed E-state index contributed by atoms with van der Waals surface area (Å²) in [6.07, 6.45) is 6.05. The number of hydrogen-bond acceptors (Lipinski definition) is 2. The lowest BCUT2D eigenvalue weighted by Gasteiger charge is -2.10. The van der Waals surface area contributed by atoms with Gasteiger partial charge in [-0.25, -0.2) is 5.10 Å². The second-order valence-corrected chi connectivity index (χ2v) is 6.74. The van der Waals surface area contributed by atoms with Crippen molar-refractivity contribution in [2.45, 2.75) is 39.0 Å². The van der Waals surface area contributed by atoms with Crippen LogP contribution in [0.3, 0.4) is 0 Å². The summed E-state index contributed by atoms with van der Waals surface area (Å²) in [6, 6.07) is 7.33. The van der Waals surface area contributed by atoms with E-state index in [0.717, 1.165) is 26.6 Å². The number of aromatic nitrogens is 2. The van der Waals surface area contributed by atoms with Crippen molar-refractivity contribution in [1.29, 1.82) is 0 Å². The van der Waals surface area contributed by atoms with Crippen molar-refractivity contribution in [1.82, 2.24) is 10.2 Å². The SMILES string of the molecule is CCCCCCc1c(Br)cc(-c2ccc(=O)[nH]n2)cc1Br. The normalized spacial score (nSPS) is 10.8. The first kappa shape index (κ1) is 16.4. The van der Waals surface area contributed by atoms with E-state index >= 15 is 0 Å². The van der Waals surface area contributed by atoms with Gasteiger partial charge in [0.05, 0.1) is 5.69 Å². The zero-order valence-corrected chi connectivity index (χ0v) is 15.1. The summed E-state index contributed by atoms with van der Waals surface area (Å²) in [5.41, 5.74) is 2.83. The van der Waals surface area contributed by atoms with Gasteiger partial charge in [-0.05, 0) is 36.6 Å². The molecule has 1 N–H and O–H groups in total. The van der Waals surface area contributed by atoms with Crippen LogP contribution in [-0.2, 0) is 6.42 Å². The molecule has 0 saturated heterocycles. The van der Waals surface area contributed by atoms with Gasteiger partial charge in [0.15, 0.2) is 0 Å². The molecular formula is C16H18Br2N2O. The predicted molar refractivity (Wildman–Crippen MR) is 93.5 cm³/mol. The number of halogens is 2. The van der Waals surface area contributed by atoms with Gasteiger partial charge in [-0.1, -0.05) is 58.0 Å². The van der Waals surface area contributed by atoms with Gasteiger partial charge in [0.2, 0.25) is 0 Å². The Balaban J connectivity index is 2.20. The predicted octanol–water partition coefficient (Wildman–Crippen LogP) is 5.08. The number of hydrogen-bond donors (Lipinski definition) is 1. The summed E-state index contributed by atoms with van der Waals surface area (Å²) < 4.78 is 2.16. The molecule has 1 aromatic heterocycles. The number of unbranched alkanes of at least 4 members (excludes halogenated alkanes) is 3. The molecule has 112 valence electrons. The molecule has 0 bridgehead atoms. The Kier molecular flexibility index (Phi) is 6.18. The quantitative estimate of drug-likeness (QED) is 0.670. The second kappa shape index (κ2) is 7.90. The number of aromatic amines is 1. The average molecular weight is 414 g/mol. The van der Waals surface area contributed by atoms with Crippen LogP contribution in [0.5, 0.6) is 0 Å². The van der Waals surface area contributed by atoms with Crippen molar-refractivity contribution in [3.05, 3.63) is 49.1 Å². The van der Waals surface area contributed by atoms with E-state index in [-0.39, 0.29) is 5.56 Å². The molecule has 0 radical (unpaired) electrons. The number of benzene rings is 1. The highest BCUT2D eigenvalue weighted by atomic mass is 79.9. The second-order valence-electron chi connectivity index (χ2n) is 5.04. The smallest absolute Gasteiger partial charge is 0.264 e. The molecule has 0 aliphatic heterocycles. The minimum Gasteiger partial charge on any atom is -0.268 e. The van der Waals surface area contributed by atoms with Gasteiger partial charge in [-0.2, -0.15) is 5.10 Å². The van der Waals surface area contributed by atoms with Gasteiger partial charge >= 0.3 is 0 Å². The molecule has 1 aromatic carbocycles. The fraction of sp³-hybridized carbons (Fsp3) is 0.375. The van der Waals surface area contributed by atoms with E-state index in [2.05, 4.69) is 61.1 Å². The number of H-pyrrole nitrogens is 1. The Morgan fingerprint density at radius 2 is 1.81 bits per heavy atom. The molecule has 0 aliphatic carbocycles. The molecule has 0 spiro atoms. The molecule has 21 heavy (non-hydrogen) atoms. The van der Waals surface area contributed by atoms with Crippen LogP contribution in [0.25, 0.3) is 11.3 Å². The van der Waals surface area contributed by atoms with Crippen LogP contribution in [-0.4, -0.2) is 10.2 Å². The van der Waals surface area contributed by atoms with Gasteiger partial charge in [0, 0.05) is 20.6 Å². The van der Waals surface area contributed by atoms with Crippen molar-refractivity contribution in [2.75, 3.05) is 0 Å². The highest BCUT2D eigenvalue weighted by Gasteiger charge is 2.09. The number of nitrogens with zero attached hydrogens (tertiary/aromatic N) is 1. The lowest BCUT2D eigenvalue weighted by molar-refractivity contribution is 0.665. The maximum absolute atomic E-state index is 11.1. The fourth-order valence-electron chi connectivity index (χ4n) is 2.22. The molecule has 0 aliphatic rings. The van der Waals surface area contributed by atoms with Crippen LogP contribution in [0.4, 0.5) is 0 Å². The maximum Gasteiger partial charge on any atom is 0.264 e. The highest BCUT2D eigenvalue weighted by molar-refractivity contribution is 9.11. The van der Waals surface area contributed by atoms with E-state index in [1.165, 1.54) is 37.3 Å². The van der Waals surface area contributed by atoms with Crippen molar-refractivity contribution in [2.24, 2.45) is 0 Å². The monoisotopic (exact) mass is 412 g/mol. The standard InChI is InChI=1S/C16H18Br2N2O/c1-2-3-4-5-6-12-13(17)9-11(10-14(12)18)15-7-8-16(21)20-19-15/h7-10H,2-6H2,1H3,(H,20,21). The summed E-state index contributed by atoms with van der Waals surface area (Å²) in [5, 5.41) is 6.53. The van der Waals surface area contributed by atoms with Crippen LogP contribution < -0.4 is 5.56 Å². The van der Waals surface area contributed by atoms with E-state index in [0.29, 0.717) is 0 Å². The Morgan fingerprint density at radius 1 is 1.10 bits per heavy atom. The molecule has 0 atom stereocenters. The molecule has 0 amide bonds. The summed E-state index contributed by atoms with van der Waals surface area (Å²) in [6.45, 7) is 2.22. The van der Waals surface area contributed by atoms with Crippen LogP contribution in [0.2, 0.25) is 0 Å². The lowest BCUT2D eigenvalue weighted by atomic mass is 10.0. The van der Waals surface area contributed by atoms with Crippen molar-refractivity contribution in [3.8, 4) is 11.3 Å². The third-order valence-electron chi connectivity index (χ3n) is 3.40. The zero-order valence-electron chi connectivity index (χ0n) is 12.0. The number of rotatable bonds is 6. The van der Waals surface area contributed by atoms with Crippen LogP contribution in [0.1, 0.15) is 38.2 Å². The van der Waals surface area contributed by atoms with Gasteiger partial charge in [0.1, 0.15) is 0 Å². The fourth-order valence-corrected chi connectivity index (χ4v) is 3.81. The van der Waals surface area contributed by atoms with Crippen molar-refractivity contribution >= 4 is 31.9 Å². The van der Waals surface area contributed by atoms with Crippen LogP contribution >= 0.6 is 31.9 Å². The van der Waals surface area contributed by atoms with Gasteiger partial charge in [-0.3, -0.25) is 4.79 Å². The molecular weight excluding hydrogens is 396 g/mol. The van der Waals surface area contributed by atoms with Crippen molar-refractivity contribution in [3.63, 3.8) is 0 Å². The molecule has 2 rings (SSSR count). The summed E-state index contributed by atoms with van der Waals surface area (Å²) >= 11 is 7.30. The average Bonchev–Trinajstić information content (AvgIpc) is 2.46. The first-order chi connectivity index (χ1) is 10.1. The van der Waals surface area contributed by atoms with E-state index in [1.54, 1.807) is 6.07 Å². The zero-order chi connectivity index (χ0) is 15.2. The minimum atomic E-state index is -0.190. The van der Waals surface area contributed by atoms with Gasteiger partial charge < -0.3 is 0 Å². The Labute approximate surface area is 141 Å². The molecule has 0 fully saturated rings. The van der Waals surface area contributed by atoms with Gasteiger partial charge in [-0.15, -0.1) is 0 Å². The van der Waals surface area contributed by atoms with Crippen molar-refractivity contribution < 1.29 is 0 Å². The van der Waals surface area contributed by atoms with Crippen LogP contribution in [0, 0.1) is 0 Å². The van der Waals surface area contributed by atoms with Crippen LogP contribution in [0.15, 0.2) is 38.0 Å². The minimum absolute atomic E-state index is 0.190. The topological polar surface area (TPSA) is 45.8 Å². The molecule has 2 aromatic rings. The summed E-state index contributed by atoms with van der Waals surface area (Å²) in [5.74, 6) is 0. The molecule has 0 saturated carbocycles. The van der Waals surface area contributed by atoms with E-state index in [4.69, 9.17) is 0 Å². The first-order valence-electron chi connectivity index (χ1n) is 7.16.